The first kappa shape index (κ1) is 24.0. The fourth-order valence-corrected chi connectivity index (χ4v) is 3.79. The van der Waals surface area contributed by atoms with Crippen molar-refractivity contribution in [1.29, 1.82) is 0 Å². The van der Waals surface area contributed by atoms with E-state index in [0.29, 0.717) is 13.2 Å². The number of carbonyl (C=O) groups is 2. The van der Waals surface area contributed by atoms with Crippen molar-refractivity contribution in [2.75, 3.05) is 13.2 Å². The Morgan fingerprint density at radius 2 is 1.26 bits per heavy atom. The average molecular weight is 383 g/mol. The number of carbonyl (C=O) groups excluding carboxylic acids is 2. The summed E-state index contributed by atoms with van der Waals surface area (Å²) in [6, 6.07) is 0. The van der Waals surface area contributed by atoms with Crippen LogP contribution in [0.25, 0.3) is 0 Å². The zero-order valence-electron chi connectivity index (χ0n) is 18.0. The molecule has 1 rings (SSSR count). The van der Waals surface area contributed by atoms with Crippen LogP contribution in [0.5, 0.6) is 0 Å². The molecule has 0 N–H and O–H groups in total. The first-order valence-electron chi connectivity index (χ1n) is 11.4. The molecular weight excluding hydrogens is 340 g/mol. The second kappa shape index (κ2) is 14.9. The predicted molar refractivity (Wildman–Crippen MR) is 109 cm³/mol. The molecule has 4 nitrogen and oxygen atoms in total. The Morgan fingerprint density at radius 1 is 0.778 bits per heavy atom. The quantitative estimate of drug-likeness (QED) is 0.270. The molecule has 0 radical (unpaired) electrons. The Balaban J connectivity index is 2.23. The lowest BCUT2D eigenvalue weighted by atomic mass is 9.79. The van der Waals surface area contributed by atoms with Crippen LogP contribution < -0.4 is 0 Å². The van der Waals surface area contributed by atoms with Crippen LogP contribution in [0.1, 0.15) is 104 Å². The summed E-state index contributed by atoms with van der Waals surface area (Å²) in [5, 5.41) is 0. The average Bonchev–Trinajstić information content (AvgIpc) is 2.66. The van der Waals surface area contributed by atoms with Crippen molar-refractivity contribution in [1.82, 2.24) is 0 Å². The lowest BCUT2D eigenvalue weighted by Crippen LogP contribution is -2.35. The molecule has 0 saturated heterocycles. The highest BCUT2D eigenvalue weighted by atomic mass is 16.5. The Labute approximate surface area is 166 Å². The minimum atomic E-state index is -0.302. The number of hydrogen-bond donors (Lipinski definition) is 0. The molecule has 2 atom stereocenters. The number of unbranched alkanes of at least 4 members (excludes halogenated alkanes) is 6. The predicted octanol–water partition coefficient (Wildman–Crippen LogP) is 6.07. The van der Waals surface area contributed by atoms with Gasteiger partial charge >= 0.3 is 11.9 Å². The van der Waals surface area contributed by atoms with Gasteiger partial charge in [-0.05, 0) is 31.6 Å². The van der Waals surface area contributed by atoms with Gasteiger partial charge in [-0.3, -0.25) is 9.59 Å². The SMILES string of the molecule is CCCCCOC(=O)C1CCCCC1C(=O)OCCCCCCCC(C)C. The van der Waals surface area contributed by atoms with E-state index in [9.17, 15) is 9.59 Å². The highest BCUT2D eigenvalue weighted by molar-refractivity contribution is 5.82. The van der Waals surface area contributed by atoms with E-state index < -0.39 is 0 Å². The number of rotatable bonds is 14. The molecule has 0 aromatic rings. The maximum atomic E-state index is 12.5. The fraction of sp³-hybridized carbons (Fsp3) is 0.913. The molecule has 0 spiro atoms. The molecule has 1 fully saturated rings. The molecular formula is C23H42O4. The van der Waals surface area contributed by atoms with E-state index in [2.05, 4.69) is 20.8 Å². The maximum absolute atomic E-state index is 12.5. The van der Waals surface area contributed by atoms with Gasteiger partial charge in [-0.15, -0.1) is 0 Å². The van der Waals surface area contributed by atoms with Crippen LogP contribution in [-0.2, 0) is 19.1 Å². The van der Waals surface area contributed by atoms with Gasteiger partial charge in [-0.25, -0.2) is 0 Å². The zero-order chi connectivity index (χ0) is 19.9. The smallest absolute Gasteiger partial charge is 0.309 e. The Morgan fingerprint density at radius 3 is 1.78 bits per heavy atom. The van der Waals surface area contributed by atoms with Crippen molar-refractivity contribution in [2.24, 2.45) is 17.8 Å². The highest BCUT2D eigenvalue weighted by Crippen LogP contribution is 2.32. The molecule has 1 saturated carbocycles. The summed E-state index contributed by atoms with van der Waals surface area (Å²) in [6.45, 7) is 7.61. The van der Waals surface area contributed by atoms with E-state index in [1.54, 1.807) is 0 Å². The molecule has 1 aliphatic carbocycles. The molecule has 0 aromatic carbocycles. The van der Waals surface area contributed by atoms with Gasteiger partial charge in [0.15, 0.2) is 0 Å². The zero-order valence-corrected chi connectivity index (χ0v) is 18.0. The summed E-state index contributed by atoms with van der Waals surface area (Å²) in [7, 11) is 0. The summed E-state index contributed by atoms with van der Waals surface area (Å²) < 4.78 is 10.9. The second-order valence-corrected chi connectivity index (χ2v) is 8.49. The molecule has 0 bridgehead atoms. The topological polar surface area (TPSA) is 52.6 Å². The molecule has 0 amide bonds. The Bertz CT molecular complexity index is 405. The van der Waals surface area contributed by atoms with Gasteiger partial charge in [0.2, 0.25) is 0 Å². The molecule has 0 aromatic heterocycles. The second-order valence-electron chi connectivity index (χ2n) is 8.49. The molecule has 2 unspecified atom stereocenters. The summed E-state index contributed by atoms with van der Waals surface area (Å²) >= 11 is 0. The van der Waals surface area contributed by atoms with Gasteiger partial charge in [0, 0.05) is 0 Å². The van der Waals surface area contributed by atoms with Crippen molar-refractivity contribution in [3.05, 3.63) is 0 Å². The third kappa shape index (κ3) is 10.8. The fourth-order valence-electron chi connectivity index (χ4n) is 3.79. The molecule has 158 valence electrons. The van der Waals surface area contributed by atoms with Gasteiger partial charge in [-0.2, -0.15) is 0 Å². The van der Waals surface area contributed by atoms with Gasteiger partial charge in [0.05, 0.1) is 25.0 Å². The summed E-state index contributed by atoms with van der Waals surface area (Å²) in [5.74, 6) is -0.206. The van der Waals surface area contributed by atoms with Crippen LogP contribution in [0.15, 0.2) is 0 Å². The minimum absolute atomic E-state index is 0.190. The van der Waals surface area contributed by atoms with Gasteiger partial charge in [-0.1, -0.05) is 78.6 Å². The van der Waals surface area contributed by atoms with Crippen LogP contribution in [0.4, 0.5) is 0 Å². The van der Waals surface area contributed by atoms with E-state index in [4.69, 9.17) is 9.47 Å². The van der Waals surface area contributed by atoms with Crippen LogP contribution in [0.3, 0.4) is 0 Å². The van der Waals surface area contributed by atoms with Crippen LogP contribution in [-0.4, -0.2) is 25.2 Å². The lowest BCUT2D eigenvalue weighted by Gasteiger charge is -2.28. The van der Waals surface area contributed by atoms with E-state index in [0.717, 1.165) is 63.7 Å². The first-order chi connectivity index (χ1) is 13.1. The Hall–Kier alpha value is -1.06. The van der Waals surface area contributed by atoms with Crippen molar-refractivity contribution < 1.29 is 19.1 Å². The van der Waals surface area contributed by atoms with Gasteiger partial charge in [0.25, 0.3) is 0 Å². The summed E-state index contributed by atoms with van der Waals surface area (Å²) in [4.78, 5) is 24.8. The normalized spacial score (nSPS) is 19.9. The molecule has 0 heterocycles. The standard InChI is InChI=1S/C23H42O4/c1-4-5-12-17-26-22(24)20-15-10-11-16-21(20)23(25)27-18-13-8-6-7-9-14-19(2)3/h19-21H,4-18H2,1-3H3. The summed E-state index contributed by atoms with van der Waals surface area (Å²) in [6.07, 6.45) is 13.7. The third-order valence-electron chi connectivity index (χ3n) is 5.53. The first-order valence-corrected chi connectivity index (χ1v) is 11.4. The lowest BCUT2D eigenvalue weighted by molar-refractivity contribution is -0.163. The molecule has 0 aliphatic heterocycles. The van der Waals surface area contributed by atoms with Gasteiger partial charge in [0.1, 0.15) is 0 Å². The van der Waals surface area contributed by atoms with E-state index in [1.165, 1.54) is 25.7 Å². The number of esters is 2. The van der Waals surface area contributed by atoms with Crippen LogP contribution >= 0.6 is 0 Å². The largest absolute Gasteiger partial charge is 0.465 e. The Kier molecular flexibility index (Phi) is 13.3. The molecule has 27 heavy (non-hydrogen) atoms. The highest BCUT2D eigenvalue weighted by Gasteiger charge is 2.37. The maximum Gasteiger partial charge on any atom is 0.309 e. The van der Waals surface area contributed by atoms with Crippen molar-refractivity contribution in [2.45, 2.75) is 104 Å². The number of hydrogen-bond acceptors (Lipinski definition) is 4. The number of ether oxygens (including phenoxy) is 2. The summed E-state index contributed by atoms with van der Waals surface area (Å²) in [5.41, 5.74) is 0. The van der Waals surface area contributed by atoms with Crippen LogP contribution in [0, 0.1) is 17.8 Å². The molecule has 4 heteroatoms. The van der Waals surface area contributed by atoms with E-state index >= 15 is 0 Å². The minimum Gasteiger partial charge on any atom is -0.465 e. The van der Waals surface area contributed by atoms with E-state index in [1.807, 2.05) is 0 Å². The van der Waals surface area contributed by atoms with E-state index in [-0.39, 0.29) is 23.8 Å². The monoisotopic (exact) mass is 382 g/mol. The van der Waals surface area contributed by atoms with Crippen molar-refractivity contribution >= 4 is 11.9 Å². The van der Waals surface area contributed by atoms with Crippen molar-refractivity contribution in [3.8, 4) is 0 Å². The molecule has 1 aliphatic rings. The van der Waals surface area contributed by atoms with Crippen molar-refractivity contribution in [3.63, 3.8) is 0 Å². The third-order valence-corrected chi connectivity index (χ3v) is 5.53. The van der Waals surface area contributed by atoms with Crippen LogP contribution in [0.2, 0.25) is 0 Å². The van der Waals surface area contributed by atoms with Gasteiger partial charge < -0.3 is 9.47 Å².